The molecule has 0 saturated carbocycles. The lowest BCUT2D eigenvalue weighted by Gasteiger charge is -2.18. The summed E-state index contributed by atoms with van der Waals surface area (Å²) in [5.74, 6) is 0. The van der Waals surface area contributed by atoms with E-state index in [1.807, 2.05) is 0 Å². The molecule has 5 aromatic rings. The number of phosphoric ester groups is 1. The summed E-state index contributed by atoms with van der Waals surface area (Å²) in [5.41, 5.74) is -0.512. The van der Waals surface area contributed by atoms with Gasteiger partial charge >= 0.3 is 13.5 Å². The topological polar surface area (TPSA) is 207 Å². The Labute approximate surface area is 243 Å². The third-order valence-electron chi connectivity index (χ3n) is 6.70. The third kappa shape index (κ3) is 5.74. The molecule has 4 heterocycles. The van der Waals surface area contributed by atoms with Crippen LogP contribution in [-0.2, 0) is 31.1 Å². The lowest BCUT2D eigenvalue weighted by atomic mass is 9.86. The number of hydrogen-bond acceptors (Lipinski definition) is 10. The summed E-state index contributed by atoms with van der Waals surface area (Å²) in [6.07, 6.45) is 3.59. The Morgan fingerprint density at radius 3 is 2.30 bits per heavy atom. The van der Waals surface area contributed by atoms with Gasteiger partial charge in [0.1, 0.15) is 12.2 Å². The molecule has 4 aromatic heterocycles. The molecule has 0 bridgehead atoms. The highest BCUT2D eigenvalue weighted by Crippen LogP contribution is 2.36. The standard InChI is InChI=1S/C27H23N6O8PS/c1-27(2,14-28)17-5-7-18(8-6-17)33-24-19(25(34)32(26(33)35)15-41-42(36,37)38)13-29-21-10-9-20(31-23(21)24)16-4-11-22(30-12-16)43(3,39)40/h4-13H,15H2,1-3H3,(H2,36,37,38). The summed E-state index contributed by atoms with van der Waals surface area (Å²) in [6.45, 7) is 2.41. The van der Waals surface area contributed by atoms with Crippen LogP contribution >= 0.6 is 7.82 Å². The summed E-state index contributed by atoms with van der Waals surface area (Å²) in [7, 11) is -8.59. The Morgan fingerprint density at radius 1 is 1.02 bits per heavy atom. The van der Waals surface area contributed by atoms with Crippen molar-refractivity contribution in [2.45, 2.75) is 31.0 Å². The molecule has 1 aromatic carbocycles. The van der Waals surface area contributed by atoms with Crippen molar-refractivity contribution < 1.29 is 27.3 Å². The summed E-state index contributed by atoms with van der Waals surface area (Å²) in [4.78, 5) is 58.6. The molecule has 0 aliphatic rings. The Hall–Kier alpha value is -4.58. The SMILES string of the molecule is CC(C)(C#N)c1ccc(-n2c(=O)n(COP(=O)(O)O)c(=O)c3cnc4ccc(-c5ccc(S(C)(=O)=O)nc5)nc4c32)cc1. The molecular formula is C27H23N6O8PS. The van der Waals surface area contributed by atoms with E-state index in [1.165, 1.54) is 24.5 Å². The average molecular weight is 623 g/mol. The van der Waals surface area contributed by atoms with Crippen molar-refractivity contribution >= 4 is 39.6 Å². The predicted molar refractivity (Wildman–Crippen MR) is 155 cm³/mol. The van der Waals surface area contributed by atoms with Crippen LogP contribution in [0.4, 0.5) is 0 Å². The summed E-state index contributed by atoms with van der Waals surface area (Å²) in [6, 6.07) is 14.7. The van der Waals surface area contributed by atoms with Crippen LogP contribution in [0.1, 0.15) is 19.4 Å². The number of fused-ring (bicyclic) bond motifs is 3. The fourth-order valence-corrected chi connectivity index (χ4v) is 5.20. The summed E-state index contributed by atoms with van der Waals surface area (Å²) in [5, 5.41) is 9.31. The second-order valence-corrected chi connectivity index (χ2v) is 13.3. The van der Waals surface area contributed by atoms with E-state index < -0.39 is 41.1 Å². The molecule has 5 rings (SSSR count). The van der Waals surface area contributed by atoms with Crippen molar-refractivity contribution in [2.75, 3.05) is 6.26 Å². The van der Waals surface area contributed by atoms with Crippen molar-refractivity contribution in [3.05, 3.63) is 87.3 Å². The number of nitrogens with zero attached hydrogens (tertiary/aromatic N) is 6. The first kappa shape index (κ1) is 29.9. The Morgan fingerprint density at radius 2 is 1.72 bits per heavy atom. The van der Waals surface area contributed by atoms with Crippen LogP contribution in [0.25, 0.3) is 38.9 Å². The monoisotopic (exact) mass is 622 g/mol. The van der Waals surface area contributed by atoms with Gasteiger partial charge < -0.3 is 9.79 Å². The first-order valence-electron chi connectivity index (χ1n) is 12.4. The van der Waals surface area contributed by atoms with Crippen LogP contribution in [-0.4, -0.2) is 48.5 Å². The second kappa shape index (κ2) is 10.6. The van der Waals surface area contributed by atoms with Gasteiger partial charge in [-0.15, -0.1) is 0 Å². The molecule has 0 unspecified atom stereocenters. The lowest BCUT2D eigenvalue weighted by Crippen LogP contribution is -2.40. The number of hydrogen-bond donors (Lipinski definition) is 2. The first-order chi connectivity index (χ1) is 20.1. The molecule has 16 heteroatoms. The molecule has 0 spiro atoms. The highest BCUT2D eigenvalue weighted by molar-refractivity contribution is 7.90. The van der Waals surface area contributed by atoms with Crippen LogP contribution in [0.2, 0.25) is 0 Å². The number of nitriles is 1. The zero-order valence-electron chi connectivity index (χ0n) is 22.9. The van der Waals surface area contributed by atoms with Crippen LogP contribution in [0, 0.1) is 11.3 Å². The van der Waals surface area contributed by atoms with E-state index in [1.54, 1.807) is 50.2 Å². The van der Waals surface area contributed by atoms with Gasteiger partial charge in [-0.05, 0) is 55.8 Å². The predicted octanol–water partition coefficient (Wildman–Crippen LogP) is 2.43. The number of pyridine rings is 3. The first-order valence-corrected chi connectivity index (χ1v) is 15.9. The van der Waals surface area contributed by atoms with Crippen molar-refractivity contribution in [3.8, 4) is 23.0 Å². The van der Waals surface area contributed by atoms with E-state index in [9.17, 15) is 37.6 Å². The molecule has 2 N–H and O–H groups in total. The van der Waals surface area contributed by atoms with E-state index >= 15 is 0 Å². The molecule has 220 valence electrons. The fraction of sp³-hybridized carbons (Fsp3) is 0.185. The van der Waals surface area contributed by atoms with Gasteiger partial charge in [0.25, 0.3) is 5.56 Å². The summed E-state index contributed by atoms with van der Waals surface area (Å²) >= 11 is 0. The molecule has 0 saturated heterocycles. The molecule has 0 fully saturated rings. The molecule has 43 heavy (non-hydrogen) atoms. The van der Waals surface area contributed by atoms with Crippen LogP contribution < -0.4 is 11.2 Å². The largest absolute Gasteiger partial charge is 0.471 e. The van der Waals surface area contributed by atoms with Gasteiger partial charge in [-0.3, -0.25) is 18.9 Å². The Balaban J connectivity index is 1.82. The van der Waals surface area contributed by atoms with Crippen molar-refractivity contribution in [1.82, 2.24) is 24.1 Å². The molecule has 0 aliphatic heterocycles. The molecule has 0 atom stereocenters. The highest BCUT2D eigenvalue weighted by Gasteiger charge is 2.23. The highest BCUT2D eigenvalue weighted by atomic mass is 32.2. The zero-order valence-corrected chi connectivity index (χ0v) is 24.6. The molecule has 0 radical (unpaired) electrons. The van der Waals surface area contributed by atoms with Gasteiger partial charge in [0.2, 0.25) is 0 Å². The van der Waals surface area contributed by atoms with Crippen LogP contribution in [0.5, 0.6) is 0 Å². The molecular weight excluding hydrogens is 599 g/mol. The Kier molecular flexibility index (Phi) is 7.37. The molecule has 0 aliphatic carbocycles. The van der Waals surface area contributed by atoms with Gasteiger partial charge in [0.05, 0.1) is 39.3 Å². The number of benzene rings is 1. The number of rotatable bonds is 7. The lowest BCUT2D eigenvalue weighted by molar-refractivity contribution is 0.148. The normalized spacial score (nSPS) is 12.5. The van der Waals surface area contributed by atoms with Gasteiger partial charge in [0.15, 0.2) is 14.9 Å². The van der Waals surface area contributed by atoms with Gasteiger partial charge in [-0.2, -0.15) is 5.26 Å². The maximum atomic E-state index is 13.8. The van der Waals surface area contributed by atoms with Crippen molar-refractivity contribution in [3.63, 3.8) is 0 Å². The minimum atomic E-state index is -5.05. The van der Waals surface area contributed by atoms with Crippen LogP contribution in [0.15, 0.2) is 75.5 Å². The Bertz CT molecular complexity index is 2230. The van der Waals surface area contributed by atoms with E-state index in [4.69, 9.17) is 0 Å². The minimum absolute atomic E-state index is 0.0577. The number of sulfone groups is 1. The van der Waals surface area contributed by atoms with Gasteiger partial charge in [-0.25, -0.2) is 32.3 Å². The van der Waals surface area contributed by atoms with E-state index in [-0.39, 0.29) is 27.1 Å². The number of aromatic nitrogens is 5. The fourth-order valence-electron chi connectivity index (χ4n) is 4.37. The third-order valence-corrected chi connectivity index (χ3v) is 8.15. The quantitative estimate of drug-likeness (QED) is 0.198. The summed E-state index contributed by atoms with van der Waals surface area (Å²) < 4.78 is 41.2. The maximum Gasteiger partial charge on any atom is 0.471 e. The zero-order chi connectivity index (χ0) is 31.3. The van der Waals surface area contributed by atoms with E-state index in [2.05, 4.69) is 25.5 Å². The molecule has 14 nitrogen and oxygen atoms in total. The van der Waals surface area contributed by atoms with E-state index in [0.29, 0.717) is 26.9 Å². The van der Waals surface area contributed by atoms with Crippen molar-refractivity contribution in [1.29, 1.82) is 5.26 Å². The smallest absolute Gasteiger partial charge is 0.303 e. The maximum absolute atomic E-state index is 13.8. The molecule has 0 amide bonds. The van der Waals surface area contributed by atoms with Gasteiger partial charge in [-0.1, -0.05) is 12.1 Å². The average Bonchev–Trinajstić information content (AvgIpc) is 2.96. The van der Waals surface area contributed by atoms with Gasteiger partial charge in [0, 0.05) is 24.2 Å². The van der Waals surface area contributed by atoms with Crippen LogP contribution in [0.3, 0.4) is 0 Å². The minimum Gasteiger partial charge on any atom is -0.303 e. The van der Waals surface area contributed by atoms with Crippen molar-refractivity contribution in [2.24, 2.45) is 0 Å². The number of phosphoric acid groups is 1. The second-order valence-electron chi connectivity index (χ2n) is 10.1. The van der Waals surface area contributed by atoms with E-state index in [0.717, 1.165) is 10.8 Å².